The monoisotopic (exact) mass is 237 g/mol. The molecule has 7 heteroatoms. The Hall–Kier alpha value is -2.12. The Labute approximate surface area is 98.8 Å². The van der Waals surface area contributed by atoms with E-state index in [-0.39, 0.29) is 0 Å². The highest BCUT2D eigenvalue weighted by atomic mass is 16.4. The van der Waals surface area contributed by atoms with Crippen LogP contribution in [0.3, 0.4) is 0 Å². The Bertz CT molecular complexity index is 444. The Balaban J connectivity index is 3.22. The zero-order valence-corrected chi connectivity index (χ0v) is 9.66. The molecule has 0 radical (unpaired) electrons. The summed E-state index contributed by atoms with van der Waals surface area (Å²) < 4.78 is 0. The van der Waals surface area contributed by atoms with Crippen molar-refractivity contribution in [1.82, 2.24) is 5.01 Å². The lowest BCUT2D eigenvalue weighted by molar-refractivity contribution is 0.216. The molecule has 92 valence electrons. The maximum Gasteiger partial charge on any atom is 0.352 e. The van der Waals surface area contributed by atoms with Gasteiger partial charge in [0.2, 0.25) is 0 Å². The van der Waals surface area contributed by atoms with Gasteiger partial charge < -0.3 is 5.21 Å². The van der Waals surface area contributed by atoms with Gasteiger partial charge in [0.25, 0.3) is 0 Å². The summed E-state index contributed by atoms with van der Waals surface area (Å²) in [6.07, 6.45) is 1.22. The first kappa shape index (κ1) is 12.9. The number of hydrogen-bond donors (Lipinski definition) is 3. The molecule has 0 atom stereocenters. The van der Waals surface area contributed by atoms with Crippen molar-refractivity contribution in [2.45, 2.75) is 6.92 Å². The van der Waals surface area contributed by atoms with Gasteiger partial charge in [0, 0.05) is 12.6 Å². The molecule has 0 saturated carbocycles. The van der Waals surface area contributed by atoms with Crippen molar-refractivity contribution in [3.8, 4) is 0 Å². The van der Waals surface area contributed by atoms with Crippen LogP contribution in [0.4, 0.5) is 10.5 Å². The van der Waals surface area contributed by atoms with Crippen LogP contribution in [0.5, 0.6) is 0 Å². The fourth-order valence-electron chi connectivity index (χ4n) is 1.37. The maximum atomic E-state index is 11.6. The minimum atomic E-state index is -0.580. The second-order valence-corrected chi connectivity index (χ2v) is 3.52. The lowest BCUT2D eigenvalue weighted by Crippen LogP contribution is -2.49. The van der Waals surface area contributed by atoms with Crippen LogP contribution >= 0.6 is 0 Å². The number of nitrogens with two attached hydrogens (primary N) is 2. The lowest BCUT2D eigenvalue weighted by Gasteiger charge is -2.22. The zero-order chi connectivity index (χ0) is 13.0. The van der Waals surface area contributed by atoms with Gasteiger partial charge >= 0.3 is 6.03 Å². The van der Waals surface area contributed by atoms with Crippen LogP contribution in [0.25, 0.3) is 0 Å². The Morgan fingerprint density at radius 3 is 2.65 bits per heavy atom. The van der Waals surface area contributed by atoms with Crippen LogP contribution in [0, 0.1) is 6.92 Å². The van der Waals surface area contributed by atoms with Crippen LogP contribution in [0.15, 0.2) is 23.4 Å². The van der Waals surface area contributed by atoms with E-state index >= 15 is 0 Å². The molecule has 0 unspecified atom stereocenters. The van der Waals surface area contributed by atoms with E-state index in [2.05, 4.69) is 5.16 Å². The average molecular weight is 237 g/mol. The number of urea groups is 1. The summed E-state index contributed by atoms with van der Waals surface area (Å²) in [5.41, 5.74) is 1.78. The lowest BCUT2D eigenvalue weighted by atomic mass is 10.1. The maximum absolute atomic E-state index is 11.6. The minimum absolute atomic E-state index is 0.408. The van der Waals surface area contributed by atoms with Gasteiger partial charge in [-0.1, -0.05) is 17.3 Å². The van der Waals surface area contributed by atoms with E-state index in [1.807, 2.05) is 13.0 Å². The summed E-state index contributed by atoms with van der Waals surface area (Å²) in [7, 11) is 1.39. The Morgan fingerprint density at radius 2 is 2.12 bits per heavy atom. The summed E-state index contributed by atoms with van der Waals surface area (Å²) in [6, 6.07) is 4.60. The van der Waals surface area contributed by atoms with Gasteiger partial charge in [0.15, 0.2) is 0 Å². The highest BCUT2D eigenvalue weighted by Gasteiger charge is 2.17. The second kappa shape index (κ2) is 5.28. The predicted octanol–water partition coefficient (Wildman–Crippen LogP) is 0.409. The largest absolute Gasteiger partial charge is 0.411 e. The van der Waals surface area contributed by atoms with E-state index < -0.39 is 6.03 Å². The van der Waals surface area contributed by atoms with Gasteiger partial charge in [-0.3, -0.25) is 5.01 Å². The van der Waals surface area contributed by atoms with Crippen LogP contribution < -0.4 is 16.7 Å². The number of hydrogen-bond acceptors (Lipinski definition) is 5. The summed E-state index contributed by atoms with van der Waals surface area (Å²) in [5.74, 6) is 11.0. The highest BCUT2D eigenvalue weighted by Crippen LogP contribution is 2.20. The van der Waals surface area contributed by atoms with Crippen molar-refractivity contribution in [2.24, 2.45) is 16.8 Å². The molecule has 0 aliphatic rings. The third kappa shape index (κ3) is 2.71. The zero-order valence-electron chi connectivity index (χ0n) is 9.66. The van der Waals surface area contributed by atoms with E-state index in [4.69, 9.17) is 16.9 Å². The molecule has 0 spiro atoms. The fourth-order valence-corrected chi connectivity index (χ4v) is 1.37. The van der Waals surface area contributed by atoms with Crippen molar-refractivity contribution >= 4 is 17.9 Å². The van der Waals surface area contributed by atoms with Crippen molar-refractivity contribution in [3.63, 3.8) is 0 Å². The molecule has 0 aromatic heterocycles. The number of oxime groups is 1. The first-order valence-corrected chi connectivity index (χ1v) is 4.83. The first-order valence-electron chi connectivity index (χ1n) is 4.83. The van der Waals surface area contributed by atoms with E-state index in [1.165, 1.54) is 13.3 Å². The molecule has 0 saturated heterocycles. The molecule has 0 heterocycles. The highest BCUT2D eigenvalue weighted by molar-refractivity contribution is 5.98. The number of carbonyl (C=O) groups is 1. The number of nitrogens with zero attached hydrogens (tertiary/aromatic N) is 3. The van der Waals surface area contributed by atoms with E-state index in [9.17, 15) is 4.79 Å². The van der Waals surface area contributed by atoms with Gasteiger partial charge in [-0.15, -0.1) is 0 Å². The average Bonchev–Trinajstić information content (AvgIpc) is 2.30. The van der Waals surface area contributed by atoms with Crippen LogP contribution in [-0.2, 0) is 0 Å². The fraction of sp³-hybridized carbons (Fsp3) is 0.200. The summed E-state index contributed by atoms with van der Waals surface area (Å²) >= 11 is 0. The predicted molar refractivity (Wildman–Crippen MR) is 64.6 cm³/mol. The molecule has 1 aromatic carbocycles. The summed E-state index contributed by atoms with van der Waals surface area (Å²) in [4.78, 5) is 11.6. The Kier molecular flexibility index (Phi) is 4.02. The number of aryl methyl sites for hydroxylation is 1. The third-order valence-corrected chi connectivity index (χ3v) is 2.26. The van der Waals surface area contributed by atoms with Gasteiger partial charge in [-0.2, -0.15) is 0 Å². The number of carbonyl (C=O) groups excluding carboxylic acids is 1. The summed E-state index contributed by atoms with van der Waals surface area (Å²) in [5, 5.41) is 13.3. The van der Waals surface area contributed by atoms with E-state index in [1.54, 1.807) is 12.1 Å². The molecule has 2 amide bonds. The quantitative estimate of drug-likeness (QED) is 0.227. The molecule has 1 aromatic rings. The molecule has 0 aliphatic heterocycles. The van der Waals surface area contributed by atoms with Gasteiger partial charge in [0.1, 0.15) is 0 Å². The normalized spacial score (nSPS) is 10.6. The minimum Gasteiger partial charge on any atom is -0.411 e. The SMILES string of the molecule is Cc1cccc(N(N)C(=O)N(C)N)c1/C=N/O. The molecular weight excluding hydrogens is 222 g/mol. The van der Waals surface area contributed by atoms with Crippen molar-refractivity contribution in [2.75, 3.05) is 12.1 Å². The van der Waals surface area contributed by atoms with Crippen LogP contribution in [0.1, 0.15) is 11.1 Å². The number of benzene rings is 1. The topological polar surface area (TPSA) is 108 Å². The number of hydrazine groups is 2. The van der Waals surface area contributed by atoms with E-state index in [0.29, 0.717) is 11.3 Å². The van der Waals surface area contributed by atoms with Gasteiger partial charge in [0.05, 0.1) is 11.9 Å². The molecular formula is C10H15N5O2. The second-order valence-electron chi connectivity index (χ2n) is 3.52. The molecule has 17 heavy (non-hydrogen) atoms. The molecule has 0 aliphatic carbocycles. The molecule has 5 N–H and O–H groups in total. The molecule has 0 fully saturated rings. The summed E-state index contributed by atoms with van der Waals surface area (Å²) in [6.45, 7) is 1.81. The first-order chi connectivity index (χ1) is 7.99. The van der Waals surface area contributed by atoms with Crippen molar-refractivity contribution < 1.29 is 10.0 Å². The standard InChI is InChI=1S/C10H15N5O2/c1-7-4-3-5-9(8(7)6-13-17)15(12)10(16)14(2)11/h3-6,17H,11-12H2,1-2H3/b13-6+. The number of rotatable bonds is 2. The van der Waals surface area contributed by atoms with Gasteiger partial charge in [-0.05, 0) is 18.6 Å². The van der Waals surface area contributed by atoms with Crippen molar-refractivity contribution in [3.05, 3.63) is 29.3 Å². The number of amides is 2. The smallest absolute Gasteiger partial charge is 0.352 e. The molecule has 7 nitrogen and oxygen atoms in total. The van der Waals surface area contributed by atoms with E-state index in [0.717, 1.165) is 15.6 Å². The molecule has 1 rings (SSSR count). The third-order valence-electron chi connectivity index (χ3n) is 2.26. The van der Waals surface area contributed by atoms with Crippen LogP contribution in [-0.4, -0.2) is 29.5 Å². The van der Waals surface area contributed by atoms with Gasteiger partial charge in [-0.25, -0.2) is 21.5 Å². The number of anilines is 1. The van der Waals surface area contributed by atoms with Crippen molar-refractivity contribution in [1.29, 1.82) is 0 Å². The molecule has 0 bridgehead atoms. The van der Waals surface area contributed by atoms with Crippen LogP contribution in [0.2, 0.25) is 0 Å². The Morgan fingerprint density at radius 1 is 1.47 bits per heavy atom.